The Morgan fingerprint density at radius 2 is 1.90 bits per heavy atom. The highest BCUT2D eigenvalue weighted by Gasteiger charge is 2.40. The predicted molar refractivity (Wildman–Crippen MR) is 111 cm³/mol. The van der Waals surface area contributed by atoms with Gasteiger partial charge in [-0.25, -0.2) is 4.79 Å². The summed E-state index contributed by atoms with van der Waals surface area (Å²) >= 11 is 5.34. The third kappa shape index (κ3) is 3.85. The summed E-state index contributed by atoms with van der Waals surface area (Å²) in [5.74, 6) is -1.28. The van der Waals surface area contributed by atoms with Crippen LogP contribution < -0.4 is 10.1 Å². The van der Waals surface area contributed by atoms with Gasteiger partial charge < -0.3 is 15.2 Å². The largest absolute Gasteiger partial charge is 0.497 e. The minimum atomic E-state index is -1.27. The van der Waals surface area contributed by atoms with Crippen molar-refractivity contribution in [3.8, 4) is 5.75 Å². The lowest BCUT2D eigenvalue weighted by atomic mass is 9.93. The molecule has 1 amide bonds. The van der Waals surface area contributed by atoms with Gasteiger partial charge in [0.2, 0.25) is 0 Å². The second kappa shape index (κ2) is 8.29. The molecule has 1 unspecified atom stereocenters. The molecule has 154 valence electrons. The first-order chi connectivity index (χ1) is 14.2. The topological polar surface area (TPSA) is 122 Å². The van der Waals surface area contributed by atoms with Crippen LogP contribution in [0.4, 0.5) is 5.69 Å². The third-order valence-corrected chi connectivity index (χ3v) is 4.93. The van der Waals surface area contributed by atoms with Gasteiger partial charge >= 0.3 is 5.97 Å². The lowest BCUT2D eigenvalue weighted by Crippen LogP contribution is -2.51. The average Bonchev–Trinajstić information content (AvgIpc) is 2.72. The van der Waals surface area contributed by atoms with Crippen LogP contribution in [0.25, 0.3) is 0 Å². The highest BCUT2D eigenvalue weighted by Crippen LogP contribution is 2.36. The molecule has 0 fully saturated rings. The highest BCUT2D eigenvalue weighted by atomic mass is 32.1. The van der Waals surface area contributed by atoms with E-state index in [1.54, 1.807) is 12.1 Å². The zero-order valence-electron chi connectivity index (χ0n) is 16.0. The summed E-state index contributed by atoms with van der Waals surface area (Å²) in [6.07, 6.45) is 0. The van der Waals surface area contributed by atoms with Crippen LogP contribution in [0.15, 0.2) is 59.8 Å². The van der Waals surface area contributed by atoms with E-state index in [4.69, 9.17) is 17.0 Å². The number of carboxylic acids is 1. The van der Waals surface area contributed by atoms with E-state index in [0.29, 0.717) is 5.75 Å². The Hall–Kier alpha value is -3.79. The van der Waals surface area contributed by atoms with Crippen molar-refractivity contribution >= 4 is 34.9 Å². The Bertz CT molecular complexity index is 1080. The van der Waals surface area contributed by atoms with Crippen molar-refractivity contribution in [3.05, 3.63) is 81.0 Å². The Morgan fingerprint density at radius 3 is 2.47 bits per heavy atom. The number of nitrogens with one attached hydrogen (secondary N) is 1. The lowest BCUT2D eigenvalue weighted by molar-refractivity contribution is -0.384. The molecule has 0 aliphatic carbocycles. The number of carboxylic acid groups (broad SMARTS) is 1. The molecule has 9 nitrogen and oxygen atoms in total. The maximum Gasteiger partial charge on any atom is 0.335 e. The average molecular weight is 427 g/mol. The summed E-state index contributed by atoms with van der Waals surface area (Å²) in [4.78, 5) is 37.1. The van der Waals surface area contributed by atoms with Gasteiger partial charge in [0.05, 0.1) is 23.6 Å². The van der Waals surface area contributed by atoms with E-state index in [1.165, 1.54) is 50.4 Å². The summed E-state index contributed by atoms with van der Waals surface area (Å²) in [6.45, 7) is 1.52. The molecule has 0 aromatic heterocycles. The normalized spacial score (nSPS) is 16.1. The van der Waals surface area contributed by atoms with Crippen LogP contribution >= 0.6 is 12.2 Å². The second-order valence-corrected chi connectivity index (χ2v) is 6.82. The summed E-state index contributed by atoms with van der Waals surface area (Å²) < 4.78 is 5.09. The van der Waals surface area contributed by atoms with Crippen LogP contribution in [0.2, 0.25) is 0 Å². The highest BCUT2D eigenvalue weighted by molar-refractivity contribution is 7.80. The van der Waals surface area contributed by atoms with Crippen LogP contribution in [-0.2, 0) is 4.79 Å². The molecule has 2 N–H and O–H groups in total. The summed E-state index contributed by atoms with van der Waals surface area (Å²) in [7, 11) is 1.49. The first-order valence-electron chi connectivity index (χ1n) is 8.71. The molecule has 1 heterocycles. The Balaban J connectivity index is 2.16. The number of hydrogen-bond donors (Lipinski definition) is 2. The van der Waals surface area contributed by atoms with E-state index in [9.17, 15) is 24.8 Å². The van der Waals surface area contributed by atoms with Crippen LogP contribution in [0, 0.1) is 10.1 Å². The van der Waals surface area contributed by atoms with Crippen LogP contribution in [0.5, 0.6) is 5.75 Å². The van der Waals surface area contributed by atoms with Crippen molar-refractivity contribution < 1.29 is 24.4 Å². The van der Waals surface area contributed by atoms with E-state index in [0.717, 1.165) is 4.90 Å². The van der Waals surface area contributed by atoms with Gasteiger partial charge in [-0.3, -0.25) is 19.8 Å². The number of non-ortho nitro benzene ring substituents is 1. The van der Waals surface area contributed by atoms with Gasteiger partial charge in [0.25, 0.3) is 11.6 Å². The van der Waals surface area contributed by atoms with E-state index >= 15 is 0 Å². The molecular formula is C20H17N3O6S. The molecular weight excluding hydrogens is 410 g/mol. The van der Waals surface area contributed by atoms with Gasteiger partial charge in [-0.1, -0.05) is 12.1 Å². The standard InChI is InChI=1S/C20H17N3O6S/c1-11-16(19(25)26)17(13-4-3-5-14(10-13)23(27)28)22(20(30)21-11)18(24)12-6-8-15(29-2)9-7-12/h3-10,17H,1-2H3,(H,21,30)(H,25,26). The monoisotopic (exact) mass is 427 g/mol. The Morgan fingerprint density at radius 1 is 1.23 bits per heavy atom. The number of carbonyl (C=O) groups is 2. The fourth-order valence-corrected chi connectivity index (χ4v) is 3.56. The van der Waals surface area contributed by atoms with Crippen molar-refractivity contribution in [2.45, 2.75) is 13.0 Å². The number of hydrogen-bond acceptors (Lipinski definition) is 6. The molecule has 0 spiro atoms. The first-order valence-corrected chi connectivity index (χ1v) is 9.12. The maximum absolute atomic E-state index is 13.3. The summed E-state index contributed by atoms with van der Waals surface area (Å²) in [5.41, 5.74) is 0.399. The molecule has 1 atom stereocenters. The van der Waals surface area contributed by atoms with Crippen LogP contribution in [-0.4, -0.2) is 39.0 Å². The van der Waals surface area contributed by atoms with Crippen LogP contribution in [0.3, 0.4) is 0 Å². The fourth-order valence-electron chi connectivity index (χ4n) is 3.22. The number of methoxy groups -OCH3 is 1. The number of ether oxygens (including phenoxy) is 1. The number of benzene rings is 2. The maximum atomic E-state index is 13.3. The third-order valence-electron chi connectivity index (χ3n) is 4.63. The minimum Gasteiger partial charge on any atom is -0.497 e. The van der Waals surface area contributed by atoms with Crippen molar-refractivity contribution in [1.82, 2.24) is 10.2 Å². The molecule has 0 saturated carbocycles. The molecule has 10 heteroatoms. The van der Waals surface area contributed by atoms with Crippen LogP contribution in [0.1, 0.15) is 28.9 Å². The lowest BCUT2D eigenvalue weighted by Gasteiger charge is -2.37. The molecule has 30 heavy (non-hydrogen) atoms. The van der Waals surface area contributed by atoms with E-state index in [-0.39, 0.29) is 33.2 Å². The number of nitrogens with zero attached hydrogens (tertiary/aromatic N) is 2. The Labute approximate surface area is 176 Å². The molecule has 2 aromatic carbocycles. The number of thiocarbonyl (C=S) groups is 1. The molecule has 2 aromatic rings. The van der Waals surface area contributed by atoms with Gasteiger partial charge in [-0.2, -0.15) is 0 Å². The minimum absolute atomic E-state index is 0.00479. The molecule has 1 aliphatic heterocycles. The molecule has 3 rings (SSSR count). The van der Waals surface area contributed by atoms with E-state index < -0.39 is 22.8 Å². The van der Waals surface area contributed by atoms with Crippen molar-refractivity contribution in [2.24, 2.45) is 0 Å². The summed E-state index contributed by atoms with van der Waals surface area (Å²) in [5, 5.41) is 23.8. The number of nitro benzene ring substituents is 1. The smallest absolute Gasteiger partial charge is 0.335 e. The number of amides is 1. The molecule has 0 saturated heterocycles. The van der Waals surface area contributed by atoms with Gasteiger partial charge in [-0.15, -0.1) is 0 Å². The quantitative estimate of drug-likeness (QED) is 0.424. The zero-order valence-corrected chi connectivity index (χ0v) is 16.8. The number of carbonyl (C=O) groups excluding carboxylic acids is 1. The van der Waals surface area contributed by atoms with Gasteiger partial charge in [0.15, 0.2) is 5.11 Å². The molecule has 1 aliphatic rings. The van der Waals surface area contributed by atoms with Gasteiger partial charge in [0, 0.05) is 23.4 Å². The van der Waals surface area contributed by atoms with Crippen molar-refractivity contribution in [2.75, 3.05) is 7.11 Å². The van der Waals surface area contributed by atoms with E-state index in [2.05, 4.69) is 5.32 Å². The molecule has 0 radical (unpaired) electrons. The van der Waals surface area contributed by atoms with Gasteiger partial charge in [-0.05, 0) is 49.0 Å². The number of nitro groups is 1. The molecule has 0 bridgehead atoms. The summed E-state index contributed by atoms with van der Waals surface area (Å²) in [6, 6.07) is 10.6. The Kier molecular flexibility index (Phi) is 5.79. The second-order valence-electron chi connectivity index (χ2n) is 6.43. The number of allylic oxidation sites excluding steroid dienone is 1. The zero-order chi connectivity index (χ0) is 22.0. The SMILES string of the molecule is COc1ccc(C(=O)N2C(=S)NC(C)=C(C(=O)O)C2c2cccc([N+](=O)[O-])c2)cc1. The van der Waals surface area contributed by atoms with E-state index in [1.807, 2.05) is 0 Å². The van der Waals surface area contributed by atoms with Gasteiger partial charge in [0.1, 0.15) is 5.75 Å². The van der Waals surface area contributed by atoms with Crippen molar-refractivity contribution in [3.63, 3.8) is 0 Å². The predicted octanol–water partition coefficient (Wildman–Crippen LogP) is 3.03. The fraction of sp³-hybridized carbons (Fsp3) is 0.150. The number of rotatable bonds is 5. The van der Waals surface area contributed by atoms with Crippen molar-refractivity contribution in [1.29, 1.82) is 0 Å². The number of aliphatic carboxylic acids is 1. The first kappa shape index (κ1) is 20.9.